The number of benzene rings is 1. The monoisotopic (exact) mass is 284 g/mol. The van der Waals surface area contributed by atoms with Crippen LogP contribution in [0.1, 0.15) is 36.3 Å². The van der Waals surface area contributed by atoms with Crippen molar-refractivity contribution >= 4 is 5.91 Å². The Morgan fingerprint density at radius 3 is 2.95 bits per heavy atom. The van der Waals surface area contributed by atoms with Gasteiger partial charge in [-0.1, -0.05) is 24.3 Å². The van der Waals surface area contributed by atoms with Gasteiger partial charge in [-0.05, 0) is 61.7 Å². The lowest BCUT2D eigenvalue weighted by molar-refractivity contribution is -0.135. The standard InChI is InChI=1S/C18H24N2O/c21-18(20-9-8-14-10-19-11-15(14)12-20)17-7-3-5-13-4-1-2-6-16(13)17/h1-2,4,6,14-15,17,19H,3,5,7-12H2. The first-order chi connectivity index (χ1) is 10.3. The highest BCUT2D eigenvalue weighted by atomic mass is 16.2. The smallest absolute Gasteiger partial charge is 0.230 e. The Labute approximate surface area is 126 Å². The Balaban J connectivity index is 1.53. The Morgan fingerprint density at radius 1 is 1.14 bits per heavy atom. The van der Waals surface area contributed by atoms with Crippen LogP contribution in [0, 0.1) is 11.8 Å². The van der Waals surface area contributed by atoms with Crippen molar-refractivity contribution in [1.29, 1.82) is 0 Å². The molecule has 1 aromatic carbocycles. The molecular weight excluding hydrogens is 260 g/mol. The summed E-state index contributed by atoms with van der Waals surface area (Å²) in [6.45, 7) is 4.17. The molecule has 3 aliphatic rings. The Bertz CT molecular complexity index is 542. The fourth-order valence-electron chi connectivity index (χ4n) is 4.47. The third kappa shape index (κ3) is 2.38. The molecule has 3 nitrogen and oxygen atoms in total. The zero-order valence-corrected chi connectivity index (χ0v) is 12.6. The van der Waals surface area contributed by atoms with Crippen molar-refractivity contribution < 1.29 is 4.79 Å². The zero-order valence-electron chi connectivity index (χ0n) is 12.6. The number of nitrogens with zero attached hydrogens (tertiary/aromatic N) is 1. The second kappa shape index (κ2) is 5.45. The molecule has 1 aliphatic carbocycles. The number of rotatable bonds is 1. The largest absolute Gasteiger partial charge is 0.342 e. The molecule has 3 heteroatoms. The van der Waals surface area contributed by atoms with Gasteiger partial charge in [0.2, 0.25) is 5.91 Å². The van der Waals surface area contributed by atoms with E-state index in [0.717, 1.165) is 51.4 Å². The number of amides is 1. The lowest BCUT2D eigenvalue weighted by Crippen LogP contribution is -2.45. The number of likely N-dealkylation sites (tertiary alicyclic amines) is 1. The van der Waals surface area contributed by atoms with E-state index in [0.29, 0.717) is 11.8 Å². The molecule has 0 bridgehead atoms. The van der Waals surface area contributed by atoms with Crippen LogP contribution in [0.4, 0.5) is 0 Å². The normalized spacial score (nSPS) is 31.6. The molecule has 2 heterocycles. The highest BCUT2D eigenvalue weighted by Crippen LogP contribution is 2.35. The molecule has 3 unspecified atom stereocenters. The molecule has 1 amide bonds. The molecule has 2 aliphatic heterocycles. The molecule has 0 aromatic heterocycles. The van der Waals surface area contributed by atoms with E-state index in [2.05, 4.69) is 34.5 Å². The summed E-state index contributed by atoms with van der Waals surface area (Å²) in [4.78, 5) is 15.2. The second-order valence-corrected chi connectivity index (χ2v) is 6.89. The van der Waals surface area contributed by atoms with Crippen LogP contribution in [0.25, 0.3) is 0 Å². The van der Waals surface area contributed by atoms with Gasteiger partial charge in [0.1, 0.15) is 0 Å². The van der Waals surface area contributed by atoms with Crippen LogP contribution in [0.5, 0.6) is 0 Å². The molecule has 1 aromatic rings. The molecule has 0 spiro atoms. The number of carbonyl (C=O) groups is 1. The summed E-state index contributed by atoms with van der Waals surface area (Å²) in [7, 11) is 0. The van der Waals surface area contributed by atoms with E-state index < -0.39 is 0 Å². The summed E-state index contributed by atoms with van der Waals surface area (Å²) < 4.78 is 0. The van der Waals surface area contributed by atoms with E-state index in [4.69, 9.17) is 0 Å². The van der Waals surface area contributed by atoms with Crippen LogP contribution in [0.15, 0.2) is 24.3 Å². The maximum atomic E-state index is 13.0. The van der Waals surface area contributed by atoms with Crippen molar-refractivity contribution in [2.45, 2.75) is 31.6 Å². The third-order valence-corrected chi connectivity index (χ3v) is 5.68. The van der Waals surface area contributed by atoms with Gasteiger partial charge in [-0.25, -0.2) is 0 Å². The molecule has 4 rings (SSSR count). The number of aryl methyl sites for hydroxylation is 1. The first-order valence-corrected chi connectivity index (χ1v) is 8.40. The Kier molecular flexibility index (Phi) is 3.46. The maximum Gasteiger partial charge on any atom is 0.230 e. The van der Waals surface area contributed by atoms with E-state index in [9.17, 15) is 4.79 Å². The molecule has 1 N–H and O–H groups in total. The van der Waals surface area contributed by atoms with Crippen LogP contribution in [0.3, 0.4) is 0 Å². The average molecular weight is 284 g/mol. The summed E-state index contributed by atoms with van der Waals surface area (Å²) >= 11 is 0. The fraction of sp³-hybridized carbons (Fsp3) is 0.611. The van der Waals surface area contributed by atoms with Gasteiger partial charge in [0.15, 0.2) is 0 Å². The van der Waals surface area contributed by atoms with Gasteiger partial charge in [0.25, 0.3) is 0 Å². The highest BCUT2D eigenvalue weighted by Gasteiger charge is 2.37. The molecule has 3 atom stereocenters. The quantitative estimate of drug-likeness (QED) is 0.857. The third-order valence-electron chi connectivity index (χ3n) is 5.68. The van der Waals surface area contributed by atoms with Crippen LogP contribution in [-0.2, 0) is 11.2 Å². The SMILES string of the molecule is O=C(C1CCCc2ccccc21)N1CCC2CNCC2C1. The molecular formula is C18H24N2O. The minimum Gasteiger partial charge on any atom is -0.342 e. The van der Waals surface area contributed by atoms with Gasteiger partial charge >= 0.3 is 0 Å². The lowest BCUT2D eigenvalue weighted by atomic mass is 9.81. The van der Waals surface area contributed by atoms with Crippen molar-refractivity contribution in [2.24, 2.45) is 11.8 Å². The van der Waals surface area contributed by atoms with Crippen LogP contribution >= 0.6 is 0 Å². The van der Waals surface area contributed by atoms with Gasteiger partial charge in [0.05, 0.1) is 5.92 Å². The summed E-state index contributed by atoms with van der Waals surface area (Å²) in [5.74, 6) is 1.97. The molecule has 21 heavy (non-hydrogen) atoms. The minimum absolute atomic E-state index is 0.112. The molecule has 0 saturated carbocycles. The van der Waals surface area contributed by atoms with Gasteiger partial charge in [-0.15, -0.1) is 0 Å². The van der Waals surface area contributed by atoms with Crippen molar-refractivity contribution in [3.05, 3.63) is 35.4 Å². The summed E-state index contributed by atoms with van der Waals surface area (Å²) in [6.07, 6.45) is 4.49. The van der Waals surface area contributed by atoms with E-state index in [1.165, 1.54) is 17.5 Å². The van der Waals surface area contributed by atoms with Gasteiger partial charge in [-0.3, -0.25) is 4.79 Å². The molecule has 2 fully saturated rings. The maximum absolute atomic E-state index is 13.0. The fourth-order valence-corrected chi connectivity index (χ4v) is 4.47. The first-order valence-electron chi connectivity index (χ1n) is 8.40. The lowest BCUT2D eigenvalue weighted by Gasteiger charge is -2.37. The zero-order chi connectivity index (χ0) is 14.2. The van der Waals surface area contributed by atoms with E-state index in [1.54, 1.807) is 0 Å². The minimum atomic E-state index is 0.112. The second-order valence-electron chi connectivity index (χ2n) is 6.89. The Morgan fingerprint density at radius 2 is 2.00 bits per heavy atom. The summed E-state index contributed by atoms with van der Waals surface area (Å²) in [5.41, 5.74) is 2.68. The first kappa shape index (κ1) is 13.3. The van der Waals surface area contributed by atoms with Crippen LogP contribution in [-0.4, -0.2) is 37.0 Å². The molecule has 112 valence electrons. The summed E-state index contributed by atoms with van der Waals surface area (Å²) in [5, 5.41) is 3.48. The number of hydrogen-bond donors (Lipinski definition) is 1. The van der Waals surface area contributed by atoms with Crippen molar-refractivity contribution in [1.82, 2.24) is 10.2 Å². The predicted octanol–water partition coefficient (Wildman–Crippen LogP) is 2.17. The van der Waals surface area contributed by atoms with Gasteiger partial charge in [-0.2, -0.15) is 0 Å². The van der Waals surface area contributed by atoms with Crippen molar-refractivity contribution in [3.63, 3.8) is 0 Å². The Hall–Kier alpha value is -1.35. The molecule has 2 saturated heterocycles. The number of fused-ring (bicyclic) bond motifs is 2. The van der Waals surface area contributed by atoms with Crippen molar-refractivity contribution in [3.8, 4) is 0 Å². The van der Waals surface area contributed by atoms with E-state index >= 15 is 0 Å². The number of nitrogens with one attached hydrogen (secondary N) is 1. The highest BCUT2D eigenvalue weighted by molar-refractivity contribution is 5.84. The van der Waals surface area contributed by atoms with Gasteiger partial charge < -0.3 is 10.2 Å². The van der Waals surface area contributed by atoms with Crippen LogP contribution < -0.4 is 5.32 Å². The number of carbonyl (C=O) groups excluding carboxylic acids is 1. The predicted molar refractivity (Wildman–Crippen MR) is 83.2 cm³/mol. The van der Waals surface area contributed by atoms with Crippen molar-refractivity contribution in [2.75, 3.05) is 26.2 Å². The summed E-state index contributed by atoms with van der Waals surface area (Å²) in [6, 6.07) is 8.54. The van der Waals surface area contributed by atoms with Gasteiger partial charge in [0, 0.05) is 13.1 Å². The topological polar surface area (TPSA) is 32.3 Å². The van der Waals surface area contributed by atoms with Crippen LogP contribution in [0.2, 0.25) is 0 Å². The van der Waals surface area contributed by atoms with E-state index in [-0.39, 0.29) is 5.92 Å². The molecule has 0 radical (unpaired) electrons. The number of piperidine rings is 1. The average Bonchev–Trinajstić information content (AvgIpc) is 3.01. The van der Waals surface area contributed by atoms with E-state index in [1.807, 2.05) is 0 Å². The number of hydrogen-bond acceptors (Lipinski definition) is 2.